The number of alkyl halides is 1. The average Bonchev–Trinajstić information content (AvgIpc) is 2.44. The topological polar surface area (TPSA) is 29.1 Å². The van der Waals surface area contributed by atoms with Crippen LogP contribution < -0.4 is 5.32 Å². The molecular weight excluding hydrogens is 253 g/mol. The van der Waals surface area contributed by atoms with Crippen molar-refractivity contribution in [1.82, 2.24) is 0 Å². The minimum absolute atomic E-state index is 0.284. The second-order valence-electron chi connectivity index (χ2n) is 5.51. The first-order valence-corrected chi connectivity index (χ1v) is 7.59. The summed E-state index contributed by atoms with van der Waals surface area (Å²) in [5.74, 6) is -0.543. The maximum atomic E-state index is 14.3. The maximum Gasteiger partial charge on any atom is 0.261 e. The lowest BCUT2D eigenvalue weighted by Crippen LogP contribution is -2.35. The minimum Gasteiger partial charge on any atom is -0.323 e. The van der Waals surface area contributed by atoms with Crippen LogP contribution in [0.15, 0.2) is 24.3 Å². The summed E-state index contributed by atoms with van der Waals surface area (Å²) in [4.78, 5) is 12.0. The number of aryl methyl sites for hydroxylation is 1. The standard InChI is InChI=1S/C17H26FNO/c1-4-6-7-8-13-17(3,18)16(20)19-15-11-9-14(5-2)10-12-15/h9-12H,4-8,13H2,1-3H3,(H,19,20). The molecule has 0 saturated carbocycles. The molecule has 1 atom stereocenters. The van der Waals surface area contributed by atoms with Crippen molar-refractivity contribution in [2.45, 2.75) is 65.0 Å². The lowest BCUT2D eigenvalue weighted by Gasteiger charge is -2.19. The van der Waals surface area contributed by atoms with Gasteiger partial charge in [-0.15, -0.1) is 0 Å². The number of nitrogens with one attached hydrogen (secondary N) is 1. The highest BCUT2D eigenvalue weighted by Gasteiger charge is 2.32. The molecule has 0 saturated heterocycles. The zero-order valence-corrected chi connectivity index (χ0v) is 12.8. The highest BCUT2D eigenvalue weighted by atomic mass is 19.1. The number of unbranched alkanes of at least 4 members (excludes halogenated alkanes) is 3. The summed E-state index contributed by atoms with van der Waals surface area (Å²) in [5.41, 5.74) is 0.0622. The van der Waals surface area contributed by atoms with Crippen LogP contribution in [0.3, 0.4) is 0 Å². The van der Waals surface area contributed by atoms with Crippen molar-refractivity contribution in [3.05, 3.63) is 29.8 Å². The molecule has 0 aromatic heterocycles. The third-order valence-corrected chi connectivity index (χ3v) is 3.59. The number of rotatable bonds is 8. The van der Waals surface area contributed by atoms with Crippen molar-refractivity contribution in [3.63, 3.8) is 0 Å². The number of amides is 1. The minimum atomic E-state index is -1.79. The van der Waals surface area contributed by atoms with Crippen molar-refractivity contribution in [3.8, 4) is 0 Å². The first kappa shape index (κ1) is 16.7. The second kappa shape index (κ2) is 8.03. The van der Waals surface area contributed by atoms with E-state index in [0.717, 1.165) is 32.1 Å². The van der Waals surface area contributed by atoms with Gasteiger partial charge >= 0.3 is 0 Å². The fourth-order valence-corrected chi connectivity index (χ4v) is 2.08. The Labute approximate surface area is 121 Å². The molecule has 0 aliphatic rings. The van der Waals surface area contributed by atoms with E-state index < -0.39 is 11.6 Å². The molecule has 2 nitrogen and oxygen atoms in total. The number of carbonyl (C=O) groups excluding carboxylic acids is 1. The normalized spacial score (nSPS) is 13.8. The van der Waals surface area contributed by atoms with Gasteiger partial charge in [-0.1, -0.05) is 45.2 Å². The van der Waals surface area contributed by atoms with Gasteiger partial charge in [-0.25, -0.2) is 4.39 Å². The van der Waals surface area contributed by atoms with Gasteiger partial charge in [0.1, 0.15) is 0 Å². The van der Waals surface area contributed by atoms with E-state index in [0.29, 0.717) is 5.69 Å². The highest BCUT2D eigenvalue weighted by Crippen LogP contribution is 2.22. The lowest BCUT2D eigenvalue weighted by molar-refractivity contribution is -0.126. The smallest absolute Gasteiger partial charge is 0.261 e. The Bertz CT molecular complexity index is 412. The number of anilines is 1. The summed E-state index contributed by atoms with van der Waals surface area (Å²) in [5, 5.41) is 2.66. The Morgan fingerprint density at radius 1 is 1.15 bits per heavy atom. The summed E-state index contributed by atoms with van der Waals surface area (Å²) >= 11 is 0. The molecule has 0 fully saturated rings. The molecule has 3 heteroatoms. The SMILES string of the molecule is CCCCCCC(C)(F)C(=O)Nc1ccc(CC)cc1. The Balaban J connectivity index is 2.50. The van der Waals surface area contributed by atoms with Gasteiger partial charge in [0.05, 0.1) is 0 Å². The largest absolute Gasteiger partial charge is 0.323 e. The van der Waals surface area contributed by atoms with Gasteiger partial charge in [0.25, 0.3) is 5.91 Å². The Hall–Kier alpha value is -1.38. The second-order valence-corrected chi connectivity index (χ2v) is 5.51. The monoisotopic (exact) mass is 279 g/mol. The maximum absolute atomic E-state index is 14.3. The number of carbonyl (C=O) groups is 1. The van der Waals surface area contributed by atoms with Crippen LogP contribution in [0.4, 0.5) is 10.1 Å². The van der Waals surface area contributed by atoms with E-state index in [4.69, 9.17) is 0 Å². The molecule has 1 aromatic rings. The predicted molar refractivity (Wildman–Crippen MR) is 82.7 cm³/mol. The van der Waals surface area contributed by atoms with Crippen molar-refractivity contribution < 1.29 is 9.18 Å². The average molecular weight is 279 g/mol. The van der Waals surface area contributed by atoms with E-state index in [-0.39, 0.29) is 6.42 Å². The van der Waals surface area contributed by atoms with Crippen LogP contribution in [-0.4, -0.2) is 11.6 Å². The molecule has 20 heavy (non-hydrogen) atoms. The molecule has 0 radical (unpaired) electrons. The van der Waals surface area contributed by atoms with E-state index in [2.05, 4.69) is 19.2 Å². The van der Waals surface area contributed by atoms with Crippen molar-refractivity contribution in [1.29, 1.82) is 0 Å². The van der Waals surface area contributed by atoms with Crippen molar-refractivity contribution in [2.24, 2.45) is 0 Å². The third kappa shape index (κ3) is 5.32. The van der Waals surface area contributed by atoms with Gasteiger partial charge in [0.15, 0.2) is 5.67 Å². The molecule has 0 aliphatic carbocycles. The number of hydrogen-bond donors (Lipinski definition) is 1. The van der Waals surface area contributed by atoms with Gasteiger partial charge < -0.3 is 5.32 Å². The molecule has 0 aliphatic heterocycles. The van der Waals surface area contributed by atoms with E-state index >= 15 is 0 Å². The highest BCUT2D eigenvalue weighted by molar-refractivity contribution is 5.96. The molecule has 1 N–H and O–H groups in total. The van der Waals surface area contributed by atoms with Gasteiger partial charge in [-0.05, 0) is 43.9 Å². The molecule has 1 unspecified atom stereocenters. The Morgan fingerprint density at radius 3 is 2.35 bits per heavy atom. The molecule has 112 valence electrons. The van der Waals surface area contributed by atoms with Gasteiger partial charge in [-0.3, -0.25) is 4.79 Å². The molecule has 0 heterocycles. The fourth-order valence-electron chi connectivity index (χ4n) is 2.08. The third-order valence-electron chi connectivity index (χ3n) is 3.59. The van der Waals surface area contributed by atoms with Gasteiger partial charge in [-0.2, -0.15) is 0 Å². The van der Waals surface area contributed by atoms with E-state index in [1.54, 1.807) is 0 Å². The number of hydrogen-bond acceptors (Lipinski definition) is 1. The van der Waals surface area contributed by atoms with Crippen LogP contribution in [0.1, 0.15) is 58.4 Å². The molecule has 1 rings (SSSR count). The van der Waals surface area contributed by atoms with Crippen LogP contribution in [-0.2, 0) is 11.2 Å². The lowest BCUT2D eigenvalue weighted by atomic mass is 9.98. The Kier molecular flexibility index (Phi) is 6.69. The van der Waals surface area contributed by atoms with E-state index in [1.807, 2.05) is 24.3 Å². The van der Waals surface area contributed by atoms with E-state index in [9.17, 15) is 9.18 Å². The van der Waals surface area contributed by atoms with E-state index in [1.165, 1.54) is 12.5 Å². The van der Waals surface area contributed by atoms with Crippen molar-refractivity contribution >= 4 is 11.6 Å². The van der Waals surface area contributed by atoms with Gasteiger partial charge in [0.2, 0.25) is 0 Å². The van der Waals surface area contributed by atoms with Gasteiger partial charge in [0, 0.05) is 5.69 Å². The molecule has 0 bridgehead atoms. The predicted octanol–water partition coefficient (Wildman–Crippen LogP) is 4.89. The summed E-state index contributed by atoms with van der Waals surface area (Å²) in [6, 6.07) is 7.55. The summed E-state index contributed by atoms with van der Waals surface area (Å²) in [6.45, 7) is 5.55. The van der Waals surface area contributed by atoms with Crippen LogP contribution in [0.25, 0.3) is 0 Å². The molecule has 1 aromatic carbocycles. The number of halogens is 1. The summed E-state index contributed by atoms with van der Waals surface area (Å²) in [6.07, 6.45) is 5.17. The first-order valence-electron chi connectivity index (χ1n) is 7.59. The molecule has 0 spiro atoms. The molecular formula is C17H26FNO. The van der Waals surface area contributed by atoms with Crippen molar-refractivity contribution in [2.75, 3.05) is 5.32 Å². The summed E-state index contributed by atoms with van der Waals surface area (Å²) in [7, 11) is 0. The van der Waals surface area contributed by atoms with Crippen LogP contribution >= 0.6 is 0 Å². The van der Waals surface area contributed by atoms with Crippen LogP contribution in [0.5, 0.6) is 0 Å². The quantitative estimate of drug-likeness (QED) is 0.675. The fraction of sp³-hybridized carbons (Fsp3) is 0.588. The zero-order valence-electron chi connectivity index (χ0n) is 12.8. The van der Waals surface area contributed by atoms with Crippen LogP contribution in [0.2, 0.25) is 0 Å². The Morgan fingerprint density at radius 2 is 1.80 bits per heavy atom. The van der Waals surface area contributed by atoms with Crippen LogP contribution in [0, 0.1) is 0 Å². The molecule has 1 amide bonds. The first-order chi connectivity index (χ1) is 9.49. The number of benzene rings is 1. The summed E-state index contributed by atoms with van der Waals surface area (Å²) < 4.78 is 14.3. The zero-order chi connectivity index (χ0) is 15.0.